The first kappa shape index (κ1) is 16.9. The van der Waals surface area contributed by atoms with Gasteiger partial charge >= 0.3 is 0 Å². The minimum absolute atomic E-state index is 0.131. The molecule has 2 aliphatic rings. The molecule has 2 aromatic rings. The van der Waals surface area contributed by atoms with E-state index in [1.807, 2.05) is 54.6 Å². The minimum atomic E-state index is -0.131. The fourth-order valence-electron chi connectivity index (χ4n) is 2.83. The number of para-hydroxylation sites is 1. The van der Waals surface area contributed by atoms with Crippen LogP contribution in [0.5, 0.6) is 11.5 Å². The molecule has 0 aliphatic carbocycles. The number of benzene rings is 2. The van der Waals surface area contributed by atoms with Crippen molar-refractivity contribution in [3.8, 4) is 11.5 Å². The molecule has 6 heteroatoms. The molecule has 2 heterocycles. The van der Waals surface area contributed by atoms with E-state index in [2.05, 4.69) is 0 Å². The Hall–Kier alpha value is -2.57. The largest absolute Gasteiger partial charge is 0.497 e. The summed E-state index contributed by atoms with van der Waals surface area (Å²) in [4.78, 5) is 15.0. The third-order valence-corrected chi connectivity index (χ3v) is 5.38. The smallest absolute Gasteiger partial charge is 0.270 e. The summed E-state index contributed by atoms with van der Waals surface area (Å²) in [6.07, 6.45) is 3.90. The number of thioether (sulfide) groups is 1. The van der Waals surface area contributed by atoms with Crippen LogP contribution in [0.4, 0.5) is 5.69 Å². The van der Waals surface area contributed by atoms with E-state index in [-0.39, 0.29) is 5.91 Å². The minimum Gasteiger partial charge on any atom is -0.497 e. The van der Waals surface area contributed by atoms with Crippen LogP contribution in [0.25, 0.3) is 6.08 Å². The number of amides is 1. The van der Waals surface area contributed by atoms with Gasteiger partial charge in [-0.3, -0.25) is 9.69 Å². The molecule has 2 aliphatic heterocycles. The highest BCUT2D eigenvalue weighted by Crippen LogP contribution is 2.37. The summed E-state index contributed by atoms with van der Waals surface area (Å²) < 4.78 is 11.5. The zero-order valence-corrected chi connectivity index (χ0v) is 15.6. The van der Waals surface area contributed by atoms with Gasteiger partial charge in [0.25, 0.3) is 5.91 Å². The second-order valence-electron chi connectivity index (χ2n) is 5.76. The summed E-state index contributed by atoms with van der Waals surface area (Å²) in [5.41, 5.74) is 2.65. The van der Waals surface area contributed by atoms with E-state index >= 15 is 0 Å². The van der Waals surface area contributed by atoms with Crippen LogP contribution in [0.1, 0.15) is 5.56 Å². The molecule has 0 bridgehead atoms. The van der Waals surface area contributed by atoms with Crippen molar-refractivity contribution >= 4 is 46.0 Å². The predicted molar refractivity (Wildman–Crippen MR) is 109 cm³/mol. The maximum absolute atomic E-state index is 12.9. The number of rotatable bonds is 3. The van der Waals surface area contributed by atoms with Crippen LogP contribution in [-0.4, -0.2) is 23.9 Å². The third kappa shape index (κ3) is 3.13. The highest BCUT2D eigenvalue weighted by atomic mass is 32.2. The number of carbonyl (C=O) groups is 1. The molecule has 4 rings (SSSR count). The summed E-state index contributed by atoms with van der Waals surface area (Å²) in [5.74, 6) is 1.40. The van der Waals surface area contributed by atoms with Gasteiger partial charge in [0.1, 0.15) is 18.1 Å². The van der Waals surface area contributed by atoms with Gasteiger partial charge in [0, 0.05) is 11.6 Å². The Kier molecular flexibility index (Phi) is 4.53. The number of anilines is 1. The topological polar surface area (TPSA) is 38.8 Å². The van der Waals surface area contributed by atoms with Gasteiger partial charge in [-0.05, 0) is 35.9 Å². The van der Waals surface area contributed by atoms with Gasteiger partial charge in [0.05, 0.1) is 17.7 Å². The van der Waals surface area contributed by atoms with E-state index in [1.54, 1.807) is 13.2 Å². The van der Waals surface area contributed by atoms with Crippen LogP contribution in [0.3, 0.4) is 0 Å². The van der Waals surface area contributed by atoms with E-state index in [0.717, 1.165) is 16.9 Å². The van der Waals surface area contributed by atoms with Crippen molar-refractivity contribution in [3.05, 3.63) is 70.6 Å². The number of carbonyl (C=O) groups excluding carboxylic acids is 1. The van der Waals surface area contributed by atoms with Crippen molar-refractivity contribution in [1.29, 1.82) is 0 Å². The van der Waals surface area contributed by atoms with Crippen LogP contribution < -0.4 is 14.4 Å². The first-order chi connectivity index (χ1) is 12.7. The molecule has 0 spiro atoms. The first-order valence-corrected chi connectivity index (χ1v) is 9.22. The summed E-state index contributed by atoms with van der Waals surface area (Å²) in [5, 5.41) is 0. The summed E-state index contributed by atoms with van der Waals surface area (Å²) in [6.45, 7) is 0.431. The molecule has 0 N–H and O–H groups in total. The number of ether oxygens (including phenoxy) is 2. The fraction of sp³-hybridized carbons (Fsp3) is 0.100. The number of hydrogen-bond donors (Lipinski definition) is 0. The van der Waals surface area contributed by atoms with E-state index in [0.29, 0.717) is 27.3 Å². The van der Waals surface area contributed by atoms with E-state index in [1.165, 1.54) is 16.7 Å². The van der Waals surface area contributed by atoms with E-state index in [9.17, 15) is 4.79 Å². The molecule has 0 unspecified atom stereocenters. The molecule has 0 atom stereocenters. The molecule has 4 nitrogen and oxygen atoms in total. The second-order valence-corrected chi connectivity index (χ2v) is 7.44. The Morgan fingerprint density at radius 1 is 1.23 bits per heavy atom. The predicted octanol–water partition coefficient (Wildman–Crippen LogP) is 4.42. The van der Waals surface area contributed by atoms with Crippen LogP contribution >= 0.6 is 24.0 Å². The monoisotopic (exact) mass is 381 g/mol. The van der Waals surface area contributed by atoms with Crippen molar-refractivity contribution in [2.75, 3.05) is 18.6 Å². The van der Waals surface area contributed by atoms with Crippen LogP contribution in [0.2, 0.25) is 0 Å². The molecular weight excluding hydrogens is 366 g/mol. The van der Waals surface area contributed by atoms with Gasteiger partial charge in [-0.15, -0.1) is 0 Å². The Morgan fingerprint density at radius 2 is 2.08 bits per heavy atom. The van der Waals surface area contributed by atoms with E-state index in [4.69, 9.17) is 21.7 Å². The standard InChI is InChI=1S/C20H15NO3S2/c1-23-16-7-4-6-15(11-16)21-19(22)18(26-20(21)25)10-13-9-14-5-2-3-8-17(14)24-12-13/h2-11H,12H2,1H3. The highest BCUT2D eigenvalue weighted by molar-refractivity contribution is 8.27. The molecule has 0 aromatic heterocycles. The zero-order chi connectivity index (χ0) is 18.1. The summed E-state index contributed by atoms with van der Waals surface area (Å²) >= 11 is 6.72. The normalized spacial score (nSPS) is 17.8. The van der Waals surface area contributed by atoms with Gasteiger partial charge in [-0.1, -0.05) is 48.2 Å². The first-order valence-electron chi connectivity index (χ1n) is 8.00. The van der Waals surface area contributed by atoms with E-state index < -0.39 is 0 Å². The molecule has 26 heavy (non-hydrogen) atoms. The van der Waals surface area contributed by atoms with Crippen molar-refractivity contribution < 1.29 is 14.3 Å². The maximum atomic E-state index is 12.9. The lowest BCUT2D eigenvalue weighted by Gasteiger charge is -2.16. The highest BCUT2D eigenvalue weighted by Gasteiger charge is 2.33. The molecular formula is C20H15NO3S2. The Bertz CT molecular complexity index is 965. The van der Waals surface area contributed by atoms with Crippen molar-refractivity contribution in [2.24, 2.45) is 0 Å². The van der Waals surface area contributed by atoms with Crippen molar-refractivity contribution in [3.63, 3.8) is 0 Å². The lowest BCUT2D eigenvalue weighted by atomic mass is 10.1. The average Bonchev–Trinajstić information content (AvgIpc) is 2.95. The molecule has 2 aromatic carbocycles. The number of nitrogens with zero attached hydrogens (tertiary/aromatic N) is 1. The summed E-state index contributed by atoms with van der Waals surface area (Å²) in [7, 11) is 1.59. The van der Waals surface area contributed by atoms with Crippen molar-refractivity contribution in [2.45, 2.75) is 0 Å². The number of methoxy groups -OCH3 is 1. The zero-order valence-electron chi connectivity index (χ0n) is 14.0. The Labute approximate surface area is 161 Å². The van der Waals surface area contributed by atoms with Crippen LogP contribution in [-0.2, 0) is 4.79 Å². The molecule has 0 radical (unpaired) electrons. The van der Waals surface area contributed by atoms with Gasteiger partial charge < -0.3 is 9.47 Å². The molecule has 1 fully saturated rings. The second kappa shape index (κ2) is 6.97. The summed E-state index contributed by atoms with van der Waals surface area (Å²) in [6, 6.07) is 15.1. The number of fused-ring (bicyclic) bond motifs is 1. The lowest BCUT2D eigenvalue weighted by Crippen LogP contribution is -2.27. The van der Waals surface area contributed by atoms with Crippen LogP contribution in [0, 0.1) is 0 Å². The SMILES string of the molecule is COc1cccc(N2C(=O)C(=CC3=Cc4ccccc4OC3)SC2=S)c1. The molecule has 130 valence electrons. The van der Waals surface area contributed by atoms with Crippen molar-refractivity contribution in [1.82, 2.24) is 0 Å². The molecule has 0 saturated carbocycles. The maximum Gasteiger partial charge on any atom is 0.270 e. The molecule has 1 saturated heterocycles. The quantitative estimate of drug-likeness (QED) is 0.581. The van der Waals surface area contributed by atoms with Gasteiger partial charge in [0.15, 0.2) is 4.32 Å². The average molecular weight is 381 g/mol. The fourth-order valence-corrected chi connectivity index (χ4v) is 4.14. The third-order valence-electron chi connectivity index (χ3n) is 4.08. The van der Waals surface area contributed by atoms with Crippen LogP contribution in [0.15, 0.2) is 65.1 Å². The number of hydrogen-bond acceptors (Lipinski definition) is 5. The van der Waals surface area contributed by atoms with Gasteiger partial charge in [-0.25, -0.2) is 0 Å². The Balaban J connectivity index is 1.63. The lowest BCUT2D eigenvalue weighted by molar-refractivity contribution is -0.113. The molecule has 1 amide bonds. The van der Waals surface area contributed by atoms with Gasteiger partial charge in [0.2, 0.25) is 0 Å². The number of thiocarbonyl (C=S) groups is 1. The van der Waals surface area contributed by atoms with Gasteiger partial charge in [-0.2, -0.15) is 0 Å². The Morgan fingerprint density at radius 3 is 2.92 bits per heavy atom.